The Labute approximate surface area is 165 Å². The van der Waals surface area contributed by atoms with Crippen molar-refractivity contribution in [2.45, 2.75) is 20.1 Å². The van der Waals surface area contributed by atoms with E-state index in [0.29, 0.717) is 30.5 Å². The Morgan fingerprint density at radius 2 is 1.81 bits per heavy atom. The Morgan fingerprint density at radius 3 is 2.56 bits per heavy atom. The van der Waals surface area contributed by atoms with Gasteiger partial charge < -0.3 is 15.2 Å². The molecule has 0 unspecified atom stereocenters. The Hall–Kier alpha value is -2.33. The molecule has 0 heterocycles. The van der Waals surface area contributed by atoms with Crippen LogP contribution in [0.3, 0.4) is 0 Å². The second-order valence-corrected chi connectivity index (χ2v) is 6.82. The third kappa shape index (κ3) is 5.10. The van der Waals surface area contributed by atoms with Crippen LogP contribution in [0.4, 0.5) is 0 Å². The molecule has 2 N–H and O–H groups in total. The van der Waals surface area contributed by atoms with Gasteiger partial charge in [0.1, 0.15) is 12.4 Å². The van der Waals surface area contributed by atoms with E-state index in [-0.39, 0.29) is 6.61 Å². The minimum absolute atomic E-state index is 0.121. The van der Waals surface area contributed by atoms with Gasteiger partial charge in [0.25, 0.3) is 0 Å². The maximum absolute atomic E-state index is 8.83. The maximum atomic E-state index is 8.83. The highest BCUT2D eigenvalue weighted by Gasteiger charge is 2.08. The Morgan fingerprint density at radius 1 is 1.00 bits per heavy atom. The molecule has 0 bridgehead atoms. The molecule has 4 heteroatoms. The fourth-order valence-corrected chi connectivity index (χ4v) is 3.27. The molecule has 140 valence electrons. The van der Waals surface area contributed by atoms with Crippen LogP contribution in [0.25, 0.3) is 11.1 Å². The van der Waals surface area contributed by atoms with E-state index in [0.717, 1.165) is 11.1 Å². The van der Waals surface area contributed by atoms with Gasteiger partial charge in [0.15, 0.2) is 0 Å². The van der Waals surface area contributed by atoms with E-state index in [9.17, 15) is 0 Å². The summed E-state index contributed by atoms with van der Waals surface area (Å²) in [5, 5.41) is 12.6. The summed E-state index contributed by atoms with van der Waals surface area (Å²) < 4.78 is 5.98. The molecule has 0 aliphatic rings. The Bertz CT molecular complexity index is 881. The van der Waals surface area contributed by atoms with Gasteiger partial charge in [0, 0.05) is 13.1 Å². The number of rotatable bonds is 8. The summed E-state index contributed by atoms with van der Waals surface area (Å²) in [5.74, 6) is 0.673. The van der Waals surface area contributed by atoms with Crippen molar-refractivity contribution in [3.8, 4) is 16.9 Å². The van der Waals surface area contributed by atoms with Crippen LogP contribution in [-0.4, -0.2) is 18.3 Å². The number of hydrogen-bond donors (Lipinski definition) is 2. The lowest BCUT2D eigenvalue weighted by molar-refractivity contribution is 0.292. The van der Waals surface area contributed by atoms with Gasteiger partial charge in [0.2, 0.25) is 0 Å². The normalized spacial score (nSPS) is 10.8. The van der Waals surface area contributed by atoms with Crippen molar-refractivity contribution in [3.63, 3.8) is 0 Å². The molecule has 0 aliphatic carbocycles. The standard InChI is InChI=1S/C23H24ClNO2/c1-17-20(8-5-9-21(17)19-6-3-2-4-7-19)16-27-23-11-10-18(14-22(23)24)15-25-12-13-26/h2-11,14,25-26H,12-13,15-16H2,1H3. The van der Waals surface area contributed by atoms with Crippen LogP contribution in [-0.2, 0) is 13.2 Å². The molecule has 0 saturated carbocycles. The SMILES string of the molecule is Cc1c(COc2ccc(CNCCO)cc2Cl)cccc1-c1ccccc1. The number of ether oxygens (including phenoxy) is 1. The van der Waals surface area contributed by atoms with Crippen molar-refractivity contribution in [1.82, 2.24) is 5.32 Å². The van der Waals surface area contributed by atoms with E-state index in [1.54, 1.807) is 0 Å². The summed E-state index contributed by atoms with van der Waals surface area (Å²) in [5.41, 5.74) is 5.83. The number of halogens is 1. The molecular weight excluding hydrogens is 358 g/mol. The number of nitrogens with one attached hydrogen (secondary N) is 1. The van der Waals surface area contributed by atoms with Gasteiger partial charge in [0.05, 0.1) is 11.6 Å². The van der Waals surface area contributed by atoms with E-state index < -0.39 is 0 Å². The molecule has 3 rings (SSSR count). The smallest absolute Gasteiger partial charge is 0.138 e. The molecule has 3 aromatic carbocycles. The minimum Gasteiger partial charge on any atom is -0.487 e. The molecular formula is C23H24ClNO2. The van der Waals surface area contributed by atoms with Crippen molar-refractivity contribution in [2.24, 2.45) is 0 Å². The van der Waals surface area contributed by atoms with Crippen molar-refractivity contribution in [2.75, 3.05) is 13.2 Å². The van der Waals surface area contributed by atoms with Crippen molar-refractivity contribution >= 4 is 11.6 Å². The van der Waals surface area contributed by atoms with Crippen LogP contribution in [0.5, 0.6) is 5.75 Å². The largest absolute Gasteiger partial charge is 0.487 e. The van der Waals surface area contributed by atoms with Crippen LogP contribution >= 0.6 is 11.6 Å². The summed E-state index contributed by atoms with van der Waals surface area (Å²) >= 11 is 6.37. The molecule has 3 aromatic rings. The van der Waals surface area contributed by atoms with Crippen LogP contribution in [0.2, 0.25) is 5.02 Å². The highest BCUT2D eigenvalue weighted by atomic mass is 35.5. The highest BCUT2D eigenvalue weighted by molar-refractivity contribution is 6.32. The van der Waals surface area contributed by atoms with Crippen molar-refractivity contribution in [3.05, 3.63) is 88.4 Å². The number of aliphatic hydroxyl groups is 1. The summed E-state index contributed by atoms with van der Waals surface area (Å²) in [7, 11) is 0. The van der Waals surface area contributed by atoms with Gasteiger partial charge in [-0.05, 0) is 46.9 Å². The zero-order chi connectivity index (χ0) is 19.1. The van der Waals surface area contributed by atoms with Gasteiger partial charge in [-0.25, -0.2) is 0 Å². The van der Waals surface area contributed by atoms with E-state index >= 15 is 0 Å². The first-order valence-corrected chi connectivity index (χ1v) is 9.43. The zero-order valence-electron chi connectivity index (χ0n) is 15.4. The third-order valence-corrected chi connectivity index (χ3v) is 4.82. The van der Waals surface area contributed by atoms with E-state index in [2.05, 4.69) is 54.7 Å². The number of aliphatic hydroxyl groups excluding tert-OH is 1. The Kier molecular flexibility index (Phi) is 6.88. The second-order valence-electron chi connectivity index (χ2n) is 6.41. The third-order valence-electron chi connectivity index (χ3n) is 4.53. The minimum atomic E-state index is 0.121. The summed E-state index contributed by atoms with van der Waals surface area (Å²) in [6, 6.07) is 22.4. The molecule has 0 atom stereocenters. The monoisotopic (exact) mass is 381 g/mol. The molecule has 0 fully saturated rings. The van der Waals surface area contributed by atoms with E-state index in [1.165, 1.54) is 16.7 Å². The highest BCUT2D eigenvalue weighted by Crippen LogP contribution is 2.29. The fraction of sp³-hybridized carbons (Fsp3) is 0.217. The lowest BCUT2D eigenvalue weighted by Crippen LogP contribution is -2.17. The zero-order valence-corrected chi connectivity index (χ0v) is 16.2. The van der Waals surface area contributed by atoms with Gasteiger partial charge in [-0.15, -0.1) is 0 Å². The molecule has 0 aliphatic heterocycles. The lowest BCUT2D eigenvalue weighted by Gasteiger charge is -2.14. The van der Waals surface area contributed by atoms with Crippen molar-refractivity contribution in [1.29, 1.82) is 0 Å². The first-order chi connectivity index (χ1) is 13.2. The summed E-state index contributed by atoms with van der Waals surface area (Å²) in [6.07, 6.45) is 0. The quantitative estimate of drug-likeness (QED) is 0.541. The predicted octanol–water partition coefficient (Wildman–Crippen LogP) is 4.98. The van der Waals surface area contributed by atoms with E-state index in [1.807, 2.05) is 24.3 Å². The van der Waals surface area contributed by atoms with Crippen LogP contribution < -0.4 is 10.1 Å². The van der Waals surface area contributed by atoms with E-state index in [4.69, 9.17) is 21.4 Å². The molecule has 0 amide bonds. The number of hydrogen-bond acceptors (Lipinski definition) is 3. The molecule has 3 nitrogen and oxygen atoms in total. The second kappa shape index (κ2) is 9.56. The van der Waals surface area contributed by atoms with Crippen molar-refractivity contribution < 1.29 is 9.84 Å². The average molecular weight is 382 g/mol. The maximum Gasteiger partial charge on any atom is 0.138 e. The van der Waals surface area contributed by atoms with Gasteiger partial charge in [-0.3, -0.25) is 0 Å². The fourth-order valence-electron chi connectivity index (χ4n) is 3.01. The van der Waals surface area contributed by atoms with Gasteiger partial charge in [-0.2, -0.15) is 0 Å². The topological polar surface area (TPSA) is 41.5 Å². The van der Waals surface area contributed by atoms with Crippen LogP contribution in [0.1, 0.15) is 16.7 Å². The molecule has 0 aromatic heterocycles. The molecule has 0 radical (unpaired) electrons. The number of benzene rings is 3. The van der Waals surface area contributed by atoms with Gasteiger partial charge >= 0.3 is 0 Å². The molecule has 0 saturated heterocycles. The van der Waals surface area contributed by atoms with Crippen LogP contribution in [0.15, 0.2) is 66.7 Å². The first kappa shape index (κ1) is 19.4. The summed E-state index contributed by atoms with van der Waals surface area (Å²) in [4.78, 5) is 0. The van der Waals surface area contributed by atoms with Crippen LogP contribution in [0, 0.1) is 6.92 Å². The Balaban J connectivity index is 1.70. The average Bonchev–Trinajstić information content (AvgIpc) is 2.69. The molecule has 27 heavy (non-hydrogen) atoms. The molecule has 0 spiro atoms. The van der Waals surface area contributed by atoms with Gasteiger partial charge in [-0.1, -0.05) is 66.2 Å². The first-order valence-electron chi connectivity index (χ1n) is 9.05. The lowest BCUT2D eigenvalue weighted by atomic mass is 9.97. The predicted molar refractivity (Wildman–Crippen MR) is 111 cm³/mol. The summed E-state index contributed by atoms with van der Waals surface area (Å²) in [6.45, 7) is 3.94.